The van der Waals surface area contributed by atoms with Gasteiger partial charge in [-0.2, -0.15) is 5.26 Å². The maximum absolute atomic E-state index is 11.2. The van der Waals surface area contributed by atoms with E-state index in [9.17, 15) is 10.1 Å². The molecule has 0 radical (unpaired) electrons. The van der Waals surface area contributed by atoms with E-state index in [0.29, 0.717) is 16.3 Å². The fraction of sp³-hybridized carbons (Fsp3) is 0.250. The van der Waals surface area contributed by atoms with E-state index in [1.54, 1.807) is 6.92 Å². The second-order valence-electron chi connectivity index (χ2n) is 5.42. The van der Waals surface area contributed by atoms with E-state index >= 15 is 0 Å². The number of thiophene rings is 1. The van der Waals surface area contributed by atoms with Crippen LogP contribution in [0.2, 0.25) is 0 Å². The van der Waals surface area contributed by atoms with Crippen LogP contribution in [0.5, 0.6) is 0 Å². The lowest BCUT2D eigenvalue weighted by Gasteiger charge is -2.04. The minimum absolute atomic E-state index is 0.232. The molecule has 0 aliphatic heterocycles. The number of thiazole rings is 1. The Morgan fingerprint density at radius 3 is 2.61 bits per heavy atom. The zero-order valence-corrected chi connectivity index (χ0v) is 14.4. The summed E-state index contributed by atoms with van der Waals surface area (Å²) in [6, 6.07) is 5.93. The Bertz CT molecular complexity index is 964. The Morgan fingerprint density at radius 1 is 1.30 bits per heavy atom. The molecule has 3 aromatic heterocycles. The van der Waals surface area contributed by atoms with Crippen molar-refractivity contribution < 1.29 is 9.90 Å². The van der Waals surface area contributed by atoms with Gasteiger partial charge in [-0.05, 0) is 25.0 Å². The topological polar surface area (TPSA) is 86.9 Å². The number of hydrogen-bond donors (Lipinski definition) is 1. The van der Waals surface area contributed by atoms with E-state index in [-0.39, 0.29) is 10.8 Å². The van der Waals surface area contributed by atoms with Crippen molar-refractivity contribution in [1.29, 1.82) is 5.26 Å². The minimum atomic E-state index is -0.967. The lowest BCUT2D eigenvalue weighted by atomic mass is 10.1. The highest BCUT2D eigenvalue weighted by Crippen LogP contribution is 2.38. The van der Waals surface area contributed by atoms with Gasteiger partial charge in [0.05, 0.1) is 26.4 Å². The Labute approximate surface area is 140 Å². The quantitative estimate of drug-likeness (QED) is 0.760. The van der Waals surface area contributed by atoms with Crippen molar-refractivity contribution in [2.24, 2.45) is 0 Å². The van der Waals surface area contributed by atoms with Crippen LogP contribution in [0, 0.1) is 18.3 Å². The molecule has 0 fully saturated rings. The molecule has 0 saturated carbocycles. The highest BCUT2D eigenvalue weighted by atomic mass is 32.1. The number of pyridine rings is 1. The van der Waals surface area contributed by atoms with E-state index < -0.39 is 5.97 Å². The third-order valence-corrected chi connectivity index (χ3v) is 5.88. The Hall–Kier alpha value is -2.30. The zero-order chi connectivity index (χ0) is 16.7. The average molecular weight is 343 g/mol. The molecular formula is C16H13N3O2S2. The molecule has 3 rings (SSSR count). The lowest BCUT2D eigenvalue weighted by molar-refractivity contribution is 0.0701. The molecule has 5 nitrogen and oxygen atoms in total. The number of aromatic nitrogens is 2. The van der Waals surface area contributed by atoms with Gasteiger partial charge < -0.3 is 5.11 Å². The molecule has 0 aromatic carbocycles. The second-order valence-corrected chi connectivity index (χ2v) is 7.48. The summed E-state index contributed by atoms with van der Waals surface area (Å²) in [7, 11) is 0. The minimum Gasteiger partial charge on any atom is -0.477 e. The van der Waals surface area contributed by atoms with Crippen molar-refractivity contribution in [1.82, 2.24) is 9.97 Å². The molecule has 3 aromatic rings. The maximum atomic E-state index is 11.2. The second kappa shape index (κ2) is 5.72. The third kappa shape index (κ3) is 2.71. The standard InChI is InChI=1S/C16H13N3O2S2/c1-7(2)10-4-9(6-17)14-11(19-10)5-12(22-14)15-18-8(3)13(23-15)16(20)21/h4-5,7H,1-3H3,(H,20,21). The van der Waals surface area contributed by atoms with Gasteiger partial charge in [-0.15, -0.1) is 22.7 Å². The molecule has 0 amide bonds. The number of hydrogen-bond acceptors (Lipinski definition) is 6. The number of fused-ring (bicyclic) bond motifs is 1. The first-order valence-corrected chi connectivity index (χ1v) is 8.59. The van der Waals surface area contributed by atoms with Gasteiger partial charge in [0.15, 0.2) is 0 Å². The molecule has 0 aliphatic carbocycles. The largest absolute Gasteiger partial charge is 0.477 e. The average Bonchev–Trinajstić information content (AvgIpc) is 3.08. The molecule has 23 heavy (non-hydrogen) atoms. The molecule has 1 N–H and O–H groups in total. The number of carboxylic acid groups (broad SMARTS) is 1. The van der Waals surface area contributed by atoms with Crippen LogP contribution in [0.15, 0.2) is 12.1 Å². The van der Waals surface area contributed by atoms with Crippen LogP contribution in [-0.4, -0.2) is 21.0 Å². The highest BCUT2D eigenvalue weighted by molar-refractivity contribution is 7.26. The van der Waals surface area contributed by atoms with Gasteiger partial charge in [0.2, 0.25) is 0 Å². The fourth-order valence-corrected chi connectivity index (χ4v) is 4.24. The molecule has 0 bridgehead atoms. The number of carbonyl (C=O) groups is 1. The van der Waals surface area contributed by atoms with Crippen LogP contribution in [0.1, 0.15) is 46.4 Å². The summed E-state index contributed by atoms with van der Waals surface area (Å²) in [5.74, 6) is -0.735. The van der Waals surface area contributed by atoms with Gasteiger partial charge in [0.1, 0.15) is 16.0 Å². The molecule has 0 aliphatic rings. The van der Waals surface area contributed by atoms with Gasteiger partial charge in [0.25, 0.3) is 0 Å². The number of aryl methyl sites for hydroxylation is 1. The number of aromatic carboxylic acids is 1. The zero-order valence-electron chi connectivity index (χ0n) is 12.7. The summed E-state index contributed by atoms with van der Waals surface area (Å²) in [6.07, 6.45) is 0. The van der Waals surface area contributed by atoms with Gasteiger partial charge in [-0.1, -0.05) is 13.8 Å². The predicted octanol–water partition coefficient (Wildman–Crippen LogP) is 4.42. The first kappa shape index (κ1) is 15.6. The first-order chi connectivity index (χ1) is 10.9. The van der Waals surface area contributed by atoms with Crippen LogP contribution < -0.4 is 0 Å². The van der Waals surface area contributed by atoms with Crippen LogP contribution in [0.25, 0.3) is 20.1 Å². The molecule has 7 heteroatoms. The molecule has 0 saturated heterocycles. The number of rotatable bonds is 3. The van der Waals surface area contributed by atoms with Crippen molar-refractivity contribution in [2.75, 3.05) is 0 Å². The normalized spacial score (nSPS) is 11.1. The smallest absolute Gasteiger partial charge is 0.347 e. The Balaban J connectivity index is 2.19. The van der Waals surface area contributed by atoms with Crippen LogP contribution in [-0.2, 0) is 0 Å². The number of nitrogens with zero attached hydrogens (tertiary/aromatic N) is 3. The molecule has 116 valence electrons. The van der Waals surface area contributed by atoms with Gasteiger partial charge in [-0.3, -0.25) is 4.98 Å². The lowest BCUT2D eigenvalue weighted by Crippen LogP contribution is -1.94. The van der Waals surface area contributed by atoms with E-state index in [0.717, 1.165) is 32.1 Å². The van der Waals surface area contributed by atoms with Gasteiger partial charge in [0, 0.05) is 5.69 Å². The van der Waals surface area contributed by atoms with Crippen molar-refractivity contribution >= 4 is 38.9 Å². The molecule has 3 heterocycles. The molecule has 0 unspecified atom stereocenters. The van der Waals surface area contributed by atoms with E-state index in [1.165, 1.54) is 11.3 Å². The number of nitriles is 1. The van der Waals surface area contributed by atoms with Gasteiger partial charge >= 0.3 is 5.97 Å². The first-order valence-electron chi connectivity index (χ1n) is 6.96. The Morgan fingerprint density at radius 2 is 2.04 bits per heavy atom. The maximum Gasteiger partial charge on any atom is 0.347 e. The number of carboxylic acids is 1. The summed E-state index contributed by atoms with van der Waals surface area (Å²) in [4.78, 5) is 21.2. The molecular weight excluding hydrogens is 330 g/mol. The summed E-state index contributed by atoms with van der Waals surface area (Å²) in [5, 5.41) is 19.2. The predicted molar refractivity (Wildman–Crippen MR) is 91.2 cm³/mol. The van der Waals surface area contributed by atoms with E-state index in [2.05, 4.69) is 16.0 Å². The highest BCUT2D eigenvalue weighted by Gasteiger charge is 2.18. The fourth-order valence-electron chi connectivity index (χ4n) is 2.23. The summed E-state index contributed by atoms with van der Waals surface area (Å²) in [6.45, 7) is 5.75. The summed E-state index contributed by atoms with van der Waals surface area (Å²) in [5.41, 5.74) is 2.74. The summed E-state index contributed by atoms with van der Waals surface area (Å²) < 4.78 is 0.816. The SMILES string of the molecule is Cc1nc(-c2cc3nc(C(C)C)cc(C#N)c3s2)sc1C(=O)O. The van der Waals surface area contributed by atoms with Crippen molar-refractivity contribution in [3.8, 4) is 16.0 Å². The molecule has 0 atom stereocenters. The van der Waals surface area contributed by atoms with Crippen molar-refractivity contribution in [3.63, 3.8) is 0 Å². The van der Waals surface area contributed by atoms with Crippen LogP contribution in [0.4, 0.5) is 0 Å². The Kier molecular flexibility index (Phi) is 3.88. The van der Waals surface area contributed by atoms with Crippen LogP contribution >= 0.6 is 22.7 Å². The van der Waals surface area contributed by atoms with Crippen LogP contribution in [0.3, 0.4) is 0 Å². The van der Waals surface area contributed by atoms with Crippen molar-refractivity contribution in [3.05, 3.63) is 34.0 Å². The van der Waals surface area contributed by atoms with E-state index in [4.69, 9.17) is 5.11 Å². The van der Waals surface area contributed by atoms with E-state index in [1.807, 2.05) is 26.0 Å². The van der Waals surface area contributed by atoms with Gasteiger partial charge in [-0.25, -0.2) is 9.78 Å². The summed E-state index contributed by atoms with van der Waals surface area (Å²) >= 11 is 2.57. The monoisotopic (exact) mass is 343 g/mol. The molecule has 0 spiro atoms. The third-order valence-electron chi connectivity index (χ3n) is 3.41. The van der Waals surface area contributed by atoms with Crippen molar-refractivity contribution in [2.45, 2.75) is 26.7 Å².